The predicted molar refractivity (Wildman–Crippen MR) is 138 cm³/mol. The molecule has 36 heavy (non-hydrogen) atoms. The zero-order valence-electron chi connectivity index (χ0n) is 19.5. The van der Waals surface area contributed by atoms with Crippen LogP contribution in [-0.2, 0) is 14.9 Å². The molecule has 2 N–H and O–H groups in total. The SMILES string of the molecule is CC(OC(=O)Nc1ccnn1-c1ccc(-c2ccc(C3(C(=O)O)CC3)cc2)cc1)c1ccccc1Cl. The van der Waals surface area contributed by atoms with E-state index in [1.54, 1.807) is 29.9 Å². The Bertz CT molecular complexity index is 1410. The van der Waals surface area contributed by atoms with Crippen molar-refractivity contribution in [1.82, 2.24) is 9.78 Å². The highest BCUT2D eigenvalue weighted by atomic mass is 35.5. The summed E-state index contributed by atoms with van der Waals surface area (Å²) in [5, 5.41) is 17.1. The van der Waals surface area contributed by atoms with E-state index in [4.69, 9.17) is 16.3 Å². The van der Waals surface area contributed by atoms with Crippen LogP contribution in [0.3, 0.4) is 0 Å². The summed E-state index contributed by atoms with van der Waals surface area (Å²) in [5.74, 6) is -0.294. The maximum absolute atomic E-state index is 12.5. The average Bonchev–Trinajstić information content (AvgIpc) is 3.58. The number of hydrogen-bond donors (Lipinski definition) is 2. The molecule has 182 valence electrons. The molecule has 1 aliphatic rings. The summed E-state index contributed by atoms with van der Waals surface area (Å²) in [7, 11) is 0. The lowest BCUT2D eigenvalue weighted by Gasteiger charge is -2.16. The summed E-state index contributed by atoms with van der Waals surface area (Å²) in [6, 6.07) is 24.3. The van der Waals surface area contributed by atoms with Crippen LogP contribution >= 0.6 is 11.6 Å². The van der Waals surface area contributed by atoms with Crippen LogP contribution in [0.5, 0.6) is 0 Å². The number of nitrogens with one attached hydrogen (secondary N) is 1. The lowest BCUT2D eigenvalue weighted by Crippen LogP contribution is -2.19. The van der Waals surface area contributed by atoms with Gasteiger partial charge in [-0.25, -0.2) is 9.48 Å². The maximum atomic E-state index is 12.5. The maximum Gasteiger partial charge on any atom is 0.413 e. The molecule has 1 heterocycles. The highest BCUT2D eigenvalue weighted by molar-refractivity contribution is 6.31. The average molecular weight is 502 g/mol. The molecule has 5 rings (SSSR count). The summed E-state index contributed by atoms with van der Waals surface area (Å²) in [5.41, 5.74) is 3.60. The van der Waals surface area contributed by atoms with Crippen molar-refractivity contribution in [3.63, 3.8) is 0 Å². The van der Waals surface area contributed by atoms with Gasteiger partial charge in [0.1, 0.15) is 11.9 Å². The Kier molecular flexibility index (Phi) is 6.24. The minimum atomic E-state index is -0.759. The lowest BCUT2D eigenvalue weighted by molar-refractivity contribution is -0.140. The number of carboxylic acids is 1. The molecule has 1 saturated carbocycles. The number of rotatable bonds is 7. The third-order valence-electron chi connectivity index (χ3n) is 6.54. The molecule has 8 heteroatoms. The molecule has 1 fully saturated rings. The number of benzene rings is 3. The van der Waals surface area contributed by atoms with Crippen LogP contribution < -0.4 is 5.32 Å². The van der Waals surface area contributed by atoms with Gasteiger partial charge in [-0.05, 0) is 54.7 Å². The van der Waals surface area contributed by atoms with Crippen LogP contribution in [0.1, 0.15) is 37.0 Å². The molecule has 4 aromatic rings. The molecule has 7 nitrogen and oxygen atoms in total. The first kappa shape index (κ1) is 23.6. The van der Waals surface area contributed by atoms with Crippen molar-refractivity contribution in [2.75, 3.05) is 5.32 Å². The van der Waals surface area contributed by atoms with Gasteiger partial charge in [0, 0.05) is 16.7 Å². The Balaban J connectivity index is 1.27. The monoisotopic (exact) mass is 501 g/mol. The fraction of sp³-hybridized carbons (Fsp3) is 0.179. The lowest BCUT2D eigenvalue weighted by atomic mass is 9.94. The summed E-state index contributed by atoms with van der Waals surface area (Å²) in [4.78, 5) is 24.1. The van der Waals surface area contributed by atoms with Crippen LogP contribution in [0.4, 0.5) is 10.6 Å². The fourth-order valence-electron chi connectivity index (χ4n) is 4.29. The van der Waals surface area contributed by atoms with E-state index in [-0.39, 0.29) is 0 Å². The third-order valence-corrected chi connectivity index (χ3v) is 6.89. The van der Waals surface area contributed by atoms with Crippen LogP contribution in [0.15, 0.2) is 85.1 Å². The van der Waals surface area contributed by atoms with Crippen molar-refractivity contribution in [1.29, 1.82) is 0 Å². The zero-order valence-corrected chi connectivity index (χ0v) is 20.3. The first-order valence-corrected chi connectivity index (χ1v) is 12.0. The third kappa shape index (κ3) is 4.57. The summed E-state index contributed by atoms with van der Waals surface area (Å²) in [6.45, 7) is 1.76. The van der Waals surface area contributed by atoms with Crippen molar-refractivity contribution in [2.45, 2.75) is 31.3 Å². The van der Waals surface area contributed by atoms with Gasteiger partial charge in [-0.2, -0.15) is 5.10 Å². The highest BCUT2D eigenvalue weighted by Gasteiger charge is 2.51. The Hall–Kier alpha value is -4.10. The van der Waals surface area contributed by atoms with Gasteiger partial charge >= 0.3 is 12.1 Å². The molecule has 0 saturated heterocycles. The molecule has 1 aromatic heterocycles. The van der Waals surface area contributed by atoms with E-state index in [9.17, 15) is 14.7 Å². The Labute approximate surface area is 213 Å². The van der Waals surface area contributed by atoms with Crippen molar-refractivity contribution in [3.05, 3.63) is 101 Å². The molecule has 1 atom stereocenters. The highest BCUT2D eigenvalue weighted by Crippen LogP contribution is 2.48. The molecule has 3 aromatic carbocycles. The molecular formula is C28H24ClN3O4. The summed E-state index contributed by atoms with van der Waals surface area (Å²) < 4.78 is 7.11. The number of ether oxygens (including phenoxy) is 1. The normalized spacial score (nSPS) is 14.6. The molecule has 0 radical (unpaired) electrons. The number of halogens is 1. The van der Waals surface area contributed by atoms with Crippen LogP contribution in [0, 0.1) is 0 Å². The number of anilines is 1. The number of aromatic nitrogens is 2. The number of nitrogens with zero attached hydrogens (tertiary/aromatic N) is 2. The molecule has 0 spiro atoms. The van der Waals surface area contributed by atoms with E-state index >= 15 is 0 Å². The Morgan fingerprint density at radius 1 is 1.00 bits per heavy atom. The largest absolute Gasteiger partial charge is 0.481 e. The van der Waals surface area contributed by atoms with E-state index in [0.717, 1.165) is 27.9 Å². The van der Waals surface area contributed by atoms with Crippen molar-refractivity contribution >= 4 is 29.5 Å². The minimum absolute atomic E-state index is 0.465. The van der Waals surface area contributed by atoms with E-state index in [0.29, 0.717) is 23.7 Å². The second kappa shape index (κ2) is 9.51. The van der Waals surface area contributed by atoms with Crippen LogP contribution in [-0.4, -0.2) is 26.9 Å². The molecule has 1 aliphatic carbocycles. The zero-order chi connectivity index (χ0) is 25.3. The molecular weight excluding hydrogens is 478 g/mol. The molecule has 0 aliphatic heterocycles. The van der Waals surface area contributed by atoms with Gasteiger partial charge in [0.2, 0.25) is 0 Å². The first-order chi connectivity index (χ1) is 17.4. The topological polar surface area (TPSA) is 93.5 Å². The van der Waals surface area contributed by atoms with Gasteiger partial charge in [-0.1, -0.05) is 66.2 Å². The van der Waals surface area contributed by atoms with Crippen LogP contribution in [0.25, 0.3) is 16.8 Å². The van der Waals surface area contributed by atoms with Crippen molar-refractivity contribution in [2.24, 2.45) is 0 Å². The smallest absolute Gasteiger partial charge is 0.413 e. The van der Waals surface area contributed by atoms with Gasteiger partial charge in [-0.3, -0.25) is 10.1 Å². The van der Waals surface area contributed by atoms with Crippen molar-refractivity contribution in [3.8, 4) is 16.8 Å². The number of carbonyl (C=O) groups is 2. The van der Waals surface area contributed by atoms with E-state index in [1.807, 2.05) is 66.7 Å². The van der Waals surface area contributed by atoms with E-state index in [2.05, 4.69) is 10.4 Å². The summed E-state index contributed by atoms with van der Waals surface area (Å²) >= 11 is 6.20. The van der Waals surface area contributed by atoms with Gasteiger partial charge in [0.05, 0.1) is 17.3 Å². The second-order valence-electron chi connectivity index (χ2n) is 8.83. The van der Waals surface area contributed by atoms with Crippen molar-refractivity contribution < 1.29 is 19.4 Å². The minimum Gasteiger partial charge on any atom is -0.481 e. The van der Waals surface area contributed by atoms with E-state index in [1.165, 1.54) is 0 Å². The number of aliphatic carboxylic acids is 1. The van der Waals surface area contributed by atoms with Gasteiger partial charge in [0.15, 0.2) is 0 Å². The Morgan fingerprint density at radius 3 is 2.25 bits per heavy atom. The van der Waals surface area contributed by atoms with Crippen LogP contribution in [0.2, 0.25) is 5.02 Å². The first-order valence-electron chi connectivity index (χ1n) is 11.6. The van der Waals surface area contributed by atoms with Gasteiger partial charge in [-0.15, -0.1) is 0 Å². The van der Waals surface area contributed by atoms with Gasteiger partial charge in [0.25, 0.3) is 0 Å². The molecule has 1 unspecified atom stereocenters. The number of carboxylic acid groups (broad SMARTS) is 1. The standard InChI is InChI=1S/C28H24ClN3O4/c1-18(23-4-2-3-5-24(23)29)36-27(35)31-25-14-17-30-32(25)22-12-8-20(9-13-22)19-6-10-21(11-7-19)28(15-16-28)26(33)34/h2-14,17-18H,15-16H2,1H3,(H,31,35)(H,33,34). The quantitative estimate of drug-likeness (QED) is 0.297. The van der Waals surface area contributed by atoms with E-state index < -0.39 is 23.6 Å². The number of hydrogen-bond acceptors (Lipinski definition) is 4. The molecule has 1 amide bonds. The number of amides is 1. The summed E-state index contributed by atoms with van der Waals surface area (Å²) in [6.07, 6.45) is 1.82. The predicted octanol–water partition coefficient (Wildman–Crippen LogP) is 6.62. The van der Waals surface area contributed by atoms with Gasteiger partial charge < -0.3 is 9.84 Å². The second-order valence-corrected chi connectivity index (χ2v) is 9.24. The molecule has 0 bridgehead atoms. The number of carbonyl (C=O) groups excluding carboxylic acids is 1. The Morgan fingerprint density at radius 2 is 1.64 bits per heavy atom. The fourth-order valence-corrected chi connectivity index (χ4v) is 4.58.